The minimum atomic E-state index is -5.88. The van der Waals surface area contributed by atoms with Crippen LogP contribution in [-0.4, -0.2) is 86.0 Å². The molecule has 5 N–H and O–H groups in total. The second-order valence-corrected chi connectivity index (χ2v) is 11.1. The molecule has 2 aliphatic heterocycles. The molecule has 21 heteroatoms. The second-order valence-electron chi connectivity index (χ2n) is 8.16. The van der Waals surface area contributed by atoms with E-state index in [4.69, 9.17) is 9.47 Å². The number of carbonyl (C=O) groups is 2. The van der Waals surface area contributed by atoms with E-state index in [2.05, 4.69) is 13.4 Å². The third-order valence-corrected chi connectivity index (χ3v) is 7.86. The SMILES string of the molecule is CC(=O)N[C@H]1[C@@H](OP(=O)([O-])OP(=O)([O-])OC[C@H]2O[C@@H](n3ccc(=O)[nH]c3=O)[C@H](O)[C@@H]2O)O[C@H](C)C(=O)[C@@H]1O. The highest BCUT2D eigenvalue weighted by molar-refractivity contribution is 7.59. The van der Waals surface area contributed by atoms with Crippen LogP contribution in [0, 0.1) is 0 Å². The summed E-state index contributed by atoms with van der Waals surface area (Å²) in [6.07, 6.45) is -11.3. The van der Waals surface area contributed by atoms with Gasteiger partial charge in [0.15, 0.2) is 18.3 Å². The first-order valence-corrected chi connectivity index (χ1v) is 13.6. The van der Waals surface area contributed by atoms with Gasteiger partial charge in [0.1, 0.15) is 36.6 Å². The highest BCUT2D eigenvalue weighted by Gasteiger charge is 2.46. The molecule has 2 aliphatic rings. The van der Waals surface area contributed by atoms with Crippen molar-refractivity contribution in [2.75, 3.05) is 6.61 Å². The number of aromatic nitrogens is 2. The van der Waals surface area contributed by atoms with Crippen LogP contribution in [0.1, 0.15) is 20.1 Å². The Kier molecular flexibility index (Phi) is 9.25. The van der Waals surface area contributed by atoms with Crippen molar-refractivity contribution in [1.82, 2.24) is 14.9 Å². The quantitative estimate of drug-likeness (QED) is 0.170. The standard InChI is InChI=1S/C17H25N3O16P2/c1-6-11(23)13(25)10(18-7(2)21)16(33-6)35-38(30,31)36-37(28,29)32-5-8-12(24)14(26)15(34-8)20-4-3-9(22)19-17(20)27/h3-4,6,8,10,12-16,24-26H,5H2,1-2H3,(H,18,21)(H,28,29)(H,30,31)(H,19,22,27)/p-2/t6-,8-,10-,12-,13-,14-,15-,16-/m1/s1. The first kappa shape index (κ1) is 30.4. The number of rotatable bonds is 9. The first-order valence-electron chi connectivity index (χ1n) is 10.6. The molecule has 3 rings (SSSR count). The molecule has 2 fully saturated rings. The van der Waals surface area contributed by atoms with Gasteiger partial charge >= 0.3 is 5.69 Å². The normalized spacial score (nSPS) is 34.9. The number of amides is 1. The van der Waals surface area contributed by atoms with E-state index >= 15 is 0 Å². The van der Waals surface area contributed by atoms with Gasteiger partial charge in [0.25, 0.3) is 21.2 Å². The molecule has 19 nitrogen and oxygen atoms in total. The van der Waals surface area contributed by atoms with E-state index in [9.17, 15) is 53.4 Å². The van der Waals surface area contributed by atoms with Crippen LogP contribution in [0.25, 0.3) is 0 Å². The molecule has 0 radical (unpaired) electrons. The van der Waals surface area contributed by atoms with Crippen LogP contribution >= 0.6 is 15.6 Å². The lowest BCUT2D eigenvalue weighted by Gasteiger charge is -2.40. The zero-order valence-corrected chi connectivity index (χ0v) is 21.3. The molecular formula is C17H23N3O16P2-2. The van der Waals surface area contributed by atoms with Crippen molar-refractivity contribution in [2.45, 2.75) is 62.9 Å². The van der Waals surface area contributed by atoms with Crippen molar-refractivity contribution in [3.63, 3.8) is 0 Å². The number of hydrogen-bond acceptors (Lipinski definition) is 16. The van der Waals surface area contributed by atoms with Gasteiger partial charge in [-0.3, -0.25) is 37.6 Å². The second kappa shape index (κ2) is 11.5. The number of ether oxygens (including phenoxy) is 2. The van der Waals surface area contributed by atoms with Gasteiger partial charge in [-0.15, -0.1) is 0 Å². The number of nitrogens with zero attached hydrogens (tertiary/aromatic N) is 1. The number of phosphoric ester groups is 2. The molecule has 0 aliphatic carbocycles. The Bertz CT molecular complexity index is 1270. The van der Waals surface area contributed by atoms with E-state index in [1.165, 1.54) is 0 Å². The molecule has 0 spiro atoms. The van der Waals surface area contributed by atoms with Crippen LogP contribution < -0.4 is 26.4 Å². The number of hydrogen-bond donors (Lipinski definition) is 5. The summed E-state index contributed by atoms with van der Waals surface area (Å²) in [6.45, 7) is 1.01. The monoisotopic (exact) mass is 587 g/mol. The maximum absolute atomic E-state index is 12.2. The predicted octanol–water partition coefficient (Wildman–Crippen LogP) is -4.68. The molecule has 1 amide bonds. The largest absolute Gasteiger partial charge is 0.756 e. The number of phosphoric acid groups is 2. The molecular weight excluding hydrogens is 564 g/mol. The van der Waals surface area contributed by atoms with E-state index in [1.807, 2.05) is 10.3 Å². The summed E-state index contributed by atoms with van der Waals surface area (Å²) in [5, 5.41) is 32.4. The predicted molar refractivity (Wildman–Crippen MR) is 114 cm³/mol. The zero-order chi connectivity index (χ0) is 28.6. The molecule has 0 aromatic carbocycles. The minimum absolute atomic E-state index is 0.706. The maximum Gasteiger partial charge on any atom is 0.330 e. The Labute approximate surface area is 212 Å². The number of aromatic amines is 1. The van der Waals surface area contributed by atoms with Crippen molar-refractivity contribution in [3.8, 4) is 0 Å². The molecule has 2 unspecified atom stereocenters. The molecule has 1 aromatic rings. The van der Waals surface area contributed by atoms with Gasteiger partial charge in [-0.1, -0.05) is 0 Å². The third-order valence-electron chi connectivity index (χ3n) is 5.33. The highest BCUT2D eigenvalue weighted by atomic mass is 31.3. The Hall–Kier alpha value is -2.12. The molecule has 2 saturated heterocycles. The van der Waals surface area contributed by atoms with Gasteiger partial charge < -0.3 is 44.4 Å². The van der Waals surface area contributed by atoms with Crippen molar-refractivity contribution in [2.24, 2.45) is 0 Å². The summed E-state index contributed by atoms with van der Waals surface area (Å²) in [4.78, 5) is 72.6. The number of carbonyl (C=O) groups excluding carboxylic acids is 2. The van der Waals surface area contributed by atoms with E-state index < -0.39 is 94.3 Å². The summed E-state index contributed by atoms with van der Waals surface area (Å²) in [5.74, 6) is -1.73. The summed E-state index contributed by atoms with van der Waals surface area (Å²) >= 11 is 0. The average molecular weight is 587 g/mol. The Morgan fingerprint density at radius 3 is 2.42 bits per heavy atom. The number of H-pyrrole nitrogens is 1. The molecule has 10 atom stereocenters. The van der Waals surface area contributed by atoms with Crippen LogP contribution in [0.15, 0.2) is 21.9 Å². The van der Waals surface area contributed by atoms with E-state index in [1.54, 1.807) is 0 Å². The fraction of sp³-hybridized carbons (Fsp3) is 0.647. The summed E-state index contributed by atoms with van der Waals surface area (Å²) < 4.78 is 48.2. The molecule has 0 bridgehead atoms. The van der Waals surface area contributed by atoms with Gasteiger partial charge in [0, 0.05) is 19.2 Å². The van der Waals surface area contributed by atoms with Crippen molar-refractivity contribution >= 4 is 27.3 Å². The van der Waals surface area contributed by atoms with E-state index in [-0.39, 0.29) is 0 Å². The third kappa shape index (κ3) is 7.09. The Balaban J connectivity index is 1.65. The van der Waals surface area contributed by atoms with Crippen molar-refractivity contribution < 1.29 is 66.7 Å². The smallest absolute Gasteiger partial charge is 0.330 e. The first-order chi connectivity index (χ1) is 17.5. The van der Waals surface area contributed by atoms with Gasteiger partial charge in [-0.2, -0.15) is 0 Å². The number of aliphatic hydroxyl groups is 3. The van der Waals surface area contributed by atoms with Gasteiger partial charge in [0.2, 0.25) is 5.91 Å². The number of aliphatic hydroxyl groups excluding tert-OH is 3. The summed E-state index contributed by atoms with van der Waals surface area (Å²) in [6, 6.07) is -0.827. The lowest BCUT2D eigenvalue weighted by Crippen LogP contribution is -2.61. The fourth-order valence-corrected chi connectivity index (χ4v) is 5.66. The van der Waals surface area contributed by atoms with Gasteiger partial charge in [-0.05, 0) is 6.92 Å². The average Bonchev–Trinajstić information content (AvgIpc) is 3.06. The van der Waals surface area contributed by atoms with E-state index in [0.717, 1.165) is 26.1 Å². The van der Waals surface area contributed by atoms with E-state index in [0.29, 0.717) is 4.57 Å². The number of Topliss-reactive ketones (excluding diaryl/α,β-unsaturated/α-hetero) is 1. The van der Waals surface area contributed by atoms with Gasteiger partial charge in [-0.25, -0.2) is 9.11 Å². The topological polar surface area (TPSA) is 288 Å². The summed E-state index contributed by atoms with van der Waals surface area (Å²) in [7, 11) is -11.7. The van der Waals surface area contributed by atoms with Crippen LogP contribution in [0.2, 0.25) is 0 Å². The van der Waals surface area contributed by atoms with Crippen LogP contribution in [0.4, 0.5) is 0 Å². The van der Waals surface area contributed by atoms with Crippen molar-refractivity contribution in [1.29, 1.82) is 0 Å². The highest BCUT2D eigenvalue weighted by Crippen LogP contribution is 2.56. The minimum Gasteiger partial charge on any atom is -0.756 e. The molecule has 3 heterocycles. The zero-order valence-electron chi connectivity index (χ0n) is 19.5. The van der Waals surface area contributed by atoms with Crippen LogP contribution in [0.3, 0.4) is 0 Å². The lowest BCUT2D eigenvalue weighted by molar-refractivity contribution is -0.266. The van der Waals surface area contributed by atoms with Crippen molar-refractivity contribution in [3.05, 3.63) is 33.1 Å². The lowest BCUT2D eigenvalue weighted by atomic mass is 9.99. The van der Waals surface area contributed by atoms with Crippen LogP contribution in [0.5, 0.6) is 0 Å². The fourth-order valence-electron chi connectivity index (χ4n) is 3.57. The van der Waals surface area contributed by atoms with Gasteiger partial charge in [0.05, 0.1) is 6.61 Å². The molecule has 38 heavy (non-hydrogen) atoms. The Morgan fingerprint density at radius 2 is 1.82 bits per heavy atom. The maximum atomic E-state index is 12.2. The Morgan fingerprint density at radius 1 is 1.16 bits per heavy atom. The van der Waals surface area contributed by atoms with Crippen LogP contribution in [-0.2, 0) is 41.6 Å². The molecule has 214 valence electrons. The molecule has 0 saturated carbocycles. The summed E-state index contributed by atoms with van der Waals surface area (Å²) in [5.41, 5.74) is -1.77. The number of ketones is 1. The molecule has 1 aromatic heterocycles. The number of nitrogens with one attached hydrogen (secondary N) is 2.